The van der Waals surface area contributed by atoms with E-state index in [0.29, 0.717) is 0 Å². The molecule has 2 aromatic rings. The number of benzene rings is 1. The van der Waals surface area contributed by atoms with Crippen LogP contribution in [-0.2, 0) is 23.2 Å². The van der Waals surface area contributed by atoms with E-state index in [1.165, 1.54) is 12.0 Å². The quantitative estimate of drug-likeness (QED) is 0.911. The van der Waals surface area contributed by atoms with Crippen LogP contribution in [0.15, 0.2) is 36.7 Å². The van der Waals surface area contributed by atoms with E-state index in [9.17, 15) is 4.79 Å². The number of carbonyl (C=O) groups excluding carboxylic acids is 1. The van der Waals surface area contributed by atoms with Gasteiger partial charge in [0, 0.05) is 43.2 Å². The summed E-state index contributed by atoms with van der Waals surface area (Å²) in [6.45, 7) is 1.61. The second kappa shape index (κ2) is 6.54. The van der Waals surface area contributed by atoms with Crippen LogP contribution in [0.5, 0.6) is 5.75 Å². The molecule has 4 rings (SSSR count). The molecule has 1 saturated carbocycles. The second-order valence-electron chi connectivity index (χ2n) is 7.31. The van der Waals surface area contributed by atoms with Crippen molar-refractivity contribution in [3.63, 3.8) is 0 Å². The van der Waals surface area contributed by atoms with Crippen molar-refractivity contribution in [1.29, 1.82) is 0 Å². The molecule has 2 aliphatic rings. The Morgan fingerprint density at radius 2 is 2.16 bits per heavy atom. The number of rotatable bonds is 5. The lowest BCUT2D eigenvalue weighted by Gasteiger charge is -2.43. The first kappa shape index (κ1) is 16.2. The van der Waals surface area contributed by atoms with Gasteiger partial charge >= 0.3 is 0 Å². The molecular weight excluding hydrogens is 314 g/mol. The number of amides is 1. The van der Waals surface area contributed by atoms with Gasteiger partial charge in [-0.1, -0.05) is 18.6 Å². The Kier molecular flexibility index (Phi) is 4.24. The lowest BCUT2D eigenvalue weighted by molar-refractivity contribution is -0.126. The van der Waals surface area contributed by atoms with E-state index in [0.717, 1.165) is 50.3 Å². The number of hydrogen-bond acceptors (Lipinski definition) is 3. The van der Waals surface area contributed by atoms with Crippen molar-refractivity contribution in [2.75, 3.05) is 13.7 Å². The van der Waals surface area contributed by atoms with Gasteiger partial charge in [-0.05, 0) is 37.0 Å². The molecule has 132 valence electrons. The van der Waals surface area contributed by atoms with E-state index in [-0.39, 0.29) is 17.2 Å². The average Bonchev–Trinajstić information content (AvgIpc) is 3.09. The Balaban J connectivity index is 1.40. The molecule has 1 aliphatic heterocycles. The summed E-state index contributed by atoms with van der Waals surface area (Å²) in [4.78, 5) is 17.0. The fourth-order valence-corrected chi connectivity index (χ4v) is 4.09. The predicted octanol–water partition coefficient (Wildman–Crippen LogP) is 2.69. The van der Waals surface area contributed by atoms with Crippen molar-refractivity contribution >= 4 is 5.91 Å². The number of carbonyl (C=O) groups is 1. The molecule has 1 fully saturated rings. The molecular formula is C20H25N3O2. The molecule has 1 aromatic carbocycles. The Morgan fingerprint density at radius 3 is 2.84 bits per heavy atom. The zero-order valence-corrected chi connectivity index (χ0v) is 14.7. The smallest absolute Gasteiger partial charge is 0.223 e. The molecule has 0 spiro atoms. The van der Waals surface area contributed by atoms with Gasteiger partial charge in [-0.15, -0.1) is 0 Å². The Labute approximate surface area is 148 Å². The van der Waals surface area contributed by atoms with E-state index >= 15 is 0 Å². The average molecular weight is 339 g/mol. The third-order valence-corrected chi connectivity index (χ3v) is 5.93. The van der Waals surface area contributed by atoms with Crippen molar-refractivity contribution in [2.24, 2.45) is 5.92 Å². The number of ether oxygens (including phenoxy) is 1. The van der Waals surface area contributed by atoms with Gasteiger partial charge in [0.2, 0.25) is 5.91 Å². The highest BCUT2D eigenvalue weighted by Gasteiger charge is 2.39. The number of nitrogens with one attached hydrogen (secondary N) is 1. The summed E-state index contributed by atoms with van der Waals surface area (Å²) in [5, 5.41) is 3.24. The van der Waals surface area contributed by atoms with E-state index in [1.807, 2.05) is 24.5 Å². The summed E-state index contributed by atoms with van der Waals surface area (Å²) in [6, 6.07) is 8.31. The highest BCUT2D eigenvalue weighted by atomic mass is 16.5. The van der Waals surface area contributed by atoms with Gasteiger partial charge in [-0.2, -0.15) is 0 Å². The lowest BCUT2D eigenvalue weighted by atomic mass is 9.64. The van der Waals surface area contributed by atoms with Crippen molar-refractivity contribution in [1.82, 2.24) is 14.9 Å². The molecule has 0 bridgehead atoms. The number of fused-ring (bicyclic) bond motifs is 1. The lowest BCUT2D eigenvalue weighted by Crippen LogP contribution is -2.47. The molecule has 1 unspecified atom stereocenters. The number of hydrogen-bond donors (Lipinski definition) is 1. The Morgan fingerprint density at radius 1 is 1.36 bits per heavy atom. The molecule has 1 atom stereocenters. The molecule has 5 nitrogen and oxygen atoms in total. The normalized spacial score (nSPS) is 21.1. The minimum absolute atomic E-state index is 0.0443. The molecule has 1 aliphatic carbocycles. The van der Waals surface area contributed by atoms with Gasteiger partial charge in [0.25, 0.3) is 0 Å². The largest absolute Gasteiger partial charge is 0.497 e. The maximum Gasteiger partial charge on any atom is 0.223 e. The van der Waals surface area contributed by atoms with Crippen LogP contribution >= 0.6 is 0 Å². The molecule has 1 aromatic heterocycles. The van der Waals surface area contributed by atoms with Crippen LogP contribution in [0.3, 0.4) is 0 Å². The minimum Gasteiger partial charge on any atom is -0.497 e. The topological polar surface area (TPSA) is 56.1 Å². The third-order valence-electron chi connectivity index (χ3n) is 5.93. The number of nitrogens with zero attached hydrogens (tertiary/aromatic N) is 2. The highest BCUT2D eigenvalue weighted by molar-refractivity contribution is 5.79. The minimum atomic E-state index is 0.0443. The van der Waals surface area contributed by atoms with Gasteiger partial charge in [0.15, 0.2) is 0 Å². The van der Waals surface area contributed by atoms with Crippen molar-refractivity contribution in [2.45, 2.75) is 44.1 Å². The first-order valence-electron chi connectivity index (χ1n) is 9.12. The van der Waals surface area contributed by atoms with Crippen LogP contribution in [0.1, 0.15) is 37.1 Å². The van der Waals surface area contributed by atoms with Gasteiger partial charge in [-0.25, -0.2) is 4.98 Å². The molecule has 2 heterocycles. The Hall–Kier alpha value is -2.30. The fourth-order valence-electron chi connectivity index (χ4n) is 4.09. The third kappa shape index (κ3) is 3.03. The highest BCUT2D eigenvalue weighted by Crippen LogP contribution is 2.43. The number of imidazole rings is 1. The van der Waals surface area contributed by atoms with E-state index in [1.54, 1.807) is 7.11 Å². The summed E-state index contributed by atoms with van der Waals surface area (Å²) in [7, 11) is 1.68. The van der Waals surface area contributed by atoms with Crippen LogP contribution in [0.25, 0.3) is 0 Å². The van der Waals surface area contributed by atoms with Gasteiger partial charge in [-0.3, -0.25) is 4.79 Å². The van der Waals surface area contributed by atoms with Crippen LogP contribution in [0.4, 0.5) is 0 Å². The molecule has 0 saturated heterocycles. The SMILES string of the molecule is COc1ccc(C2(CNC(=O)C3CCn4ccnc4C3)CCC2)cc1. The second-order valence-corrected chi connectivity index (χ2v) is 7.31. The van der Waals surface area contributed by atoms with Gasteiger partial charge in [0.05, 0.1) is 7.11 Å². The first-order chi connectivity index (χ1) is 12.2. The summed E-state index contributed by atoms with van der Waals surface area (Å²) in [6.07, 6.45) is 8.95. The van der Waals surface area contributed by atoms with Gasteiger partial charge < -0.3 is 14.6 Å². The van der Waals surface area contributed by atoms with Gasteiger partial charge in [0.1, 0.15) is 11.6 Å². The van der Waals surface area contributed by atoms with E-state index in [4.69, 9.17) is 4.74 Å². The molecule has 5 heteroatoms. The number of methoxy groups -OCH3 is 1. The zero-order valence-electron chi connectivity index (χ0n) is 14.7. The van der Waals surface area contributed by atoms with E-state index in [2.05, 4.69) is 27.0 Å². The van der Waals surface area contributed by atoms with Crippen LogP contribution in [-0.4, -0.2) is 29.1 Å². The van der Waals surface area contributed by atoms with E-state index < -0.39 is 0 Å². The standard InChI is InChI=1S/C20H25N3O2/c1-25-17-5-3-16(4-6-17)20(8-2-9-20)14-22-19(24)15-7-11-23-12-10-21-18(23)13-15/h3-6,10,12,15H,2,7-9,11,13-14H2,1H3,(H,22,24). The Bertz CT molecular complexity index is 747. The maximum atomic E-state index is 12.7. The zero-order chi connectivity index (χ0) is 17.3. The summed E-state index contributed by atoms with van der Waals surface area (Å²) in [5.74, 6) is 2.12. The monoisotopic (exact) mass is 339 g/mol. The fraction of sp³-hybridized carbons (Fsp3) is 0.500. The summed E-state index contributed by atoms with van der Waals surface area (Å²) in [5.41, 5.74) is 1.40. The maximum absolute atomic E-state index is 12.7. The van der Waals surface area contributed by atoms with Crippen molar-refractivity contribution < 1.29 is 9.53 Å². The number of aromatic nitrogens is 2. The summed E-state index contributed by atoms with van der Waals surface area (Å²) < 4.78 is 7.40. The van der Waals surface area contributed by atoms with Crippen molar-refractivity contribution in [3.05, 3.63) is 48.0 Å². The van der Waals surface area contributed by atoms with Crippen LogP contribution in [0.2, 0.25) is 0 Å². The van der Waals surface area contributed by atoms with Crippen LogP contribution < -0.4 is 10.1 Å². The molecule has 1 amide bonds. The number of aryl methyl sites for hydroxylation is 1. The molecule has 25 heavy (non-hydrogen) atoms. The van der Waals surface area contributed by atoms with Crippen molar-refractivity contribution in [3.8, 4) is 5.75 Å². The summed E-state index contributed by atoms with van der Waals surface area (Å²) >= 11 is 0. The molecule has 0 radical (unpaired) electrons. The predicted molar refractivity (Wildman–Crippen MR) is 95.6 cm³/mol. The first-order valence-corrected chi connectivity index (χ1v) is 9.12. The molecule has 1 N–H and O–H groups in total. The van der Waals surface area contributed by atoms with Crippen LogP contribution in [0, 0.1) is 5.92 Å².